The van der Waals surface area contributed by atoms with Gasteiger partial charge >= 0.3 is 18.3 Å². The van der Waals surface area contributed by atoms with Gasteiger partial charge in [0, 0.05) is 119 Å². The fourth-order valence-corrected chi connectivity index (χ4v) is 10.4. The van der Waals surface area contributed by atoms with Crippen LogP contribution in [0.5, 0.6) is 11.5 Å². The van der Waals surface area contributed by atoms with Crippen LogP contribution >= 0.6 is 0 Å². The second kappa shape index (κ2) is 31.4. The van der Waals surface area contributed by atoms with Crippen molar-refractivity contribution in [2.75, 3.05) is 104 Å². The molecule has 2 amide bonds. The number of ether oxygens (including phenoxy) is 6. The number of piperazine rings is 2. The Hall–Kier alpha value is -8.05. The van der Waals surface area contributed by atoms with Gasteiger partial charge in [-0.05, 0) is 132 Å². The molecule has 2 saturated heterocycles. The number of anilines is 2. The number of aromatic amines is 2. The van der Waals surface area contributed by atoms with E-state index in [4.69, 9.17) is 53.7 Å². The molecule has 8 rings (SSSR count). The van der Waals surface area contributed by atoms with Crippen molar-refractivity contribution in [3.8, 4) is 11.5 Å². The standard InChI is InChI=1S/C31H43N5O6.C21H32N4O3.C8H12N2O2.CO2.CH4/c1-19-17-25(41-8)22(29(38)32-19)9-11-24(37)27-21(3)36(20(2)18-40-7)28-23(27)10-12-26(33-28)34-13-15-35(16-14-34)30(39)42-31(4,5)6;1-15-13-17-7-8-18(22-19(17)25(15)16(2)14-27-6)23-9-11-24(12-10-23)20(26)28-21(3,4)5;1-5-3-7(12-2)6(4-9)8(11)10-5;2-1-3;/h10,12,17,20H,9,11,13-16,18H2,1-8H3,(H,32,38);7-8,13,16H,9-12,14H2,1-6H3;3H,4,9H2,1-2H3,(H,10,11);;1H4. The third-order valence-corrected chi connectivity index (χ3v) is 14.1. The summed E-state index contributed by atoms with van der Waals surface area (Å²) in [6.07, 6.45) is 0.102. The van der Waals surface area contributed by atoms with Crippen LogP contribution in [0.3, 0.4) is 0 Å². The summed E-state index contributed by atoms with van der Waals surface area (Å²) in [5.41, 5.74) is 10.6. The number of amides is 2. The van der Waals surface area contributed by atoms with Crippen LogP contribution < -0.4 is 36.1 Å². The number of pyridine rings is 4. The van der Waals surface area contributed by atoms with Crippen LogP contribution in [0, 0.1) is 27.7 Å². The normalized spacial score (nSPS) is 14.1. The largest absolute Gasteiger partial charge is 0.496 e. The lowest BCUT2D eigenvalue weighted by Gasteiger charge is -2.36. The Morgan fingerprint density at radius 2 is 1.07 bits per heavy atom. The Kier molecular flexibility index (Phi) is 25.7. The van der Waals surface area contributed by atoms with Crippen molar-refractivity contribution < 1.29 is 52.4 Å². The summed E-state index contributed by atoms with van der Waals surface area (Å²) in [4.78, 5) is 102. The number of fused-ring (bicyclic) bond motifs is 2. The average Bonchev–Trinajstić information content (AvgIpc) is 3.10. The number of nitrogens with zero attached hydrogens (tertiary/aromatic N) is 8. The van der Waals surface area contributed by atoms with Gasteiger partial charge in [0.15, 0.2) is 5.78 Å². The number of rotatable bonds is 15. The highest BCUT2D eigenvalue weighted by atomic mass is 16.6. The molecule has 6 aromatic rings. The van der Waals surface area contributed by atoms with Gasteiger partial charge < -0.3 is 72.9 Å². The van der Waals surface area contributed by atoms with Crippen molar-refractivity contribution in [1.29, 1.82) is 0 Å². The van der Waals surface area contributed by atoms with Crippen molar-refractivity contribution in [3.05, 3.63) is 103 Å². The Bertz CT molecular complexity index is 3400. The van der Waals surface area contributed by atoms with E-state index in [2.05, 4.69) is 60.9 Å². The fourth-order valence-electron chi connectivity index (χ4n) is 10.4. The smallest absolute Gasteiger partial charge is 0.410 e. The summed E-state index contributed by atoms with van der Waals surface area (Å²) in [6.45, 7) is 29.4. The molecule has 4 N–H and O–H groups in total. The highest BCUT2D eigenvalue weighted by Crippen LogP contribution is 2.33. The molecule has 2 atom stereocenters. The van der Waals surface area contributed by atoms with E-state index in [9.17, 15) is 24.0 Å². The third kappa shape index (κ3) is 18.2. The Balaban J connectivity index is 0.000000307. The molecule has 0 bridgehead atoms. The zero-order valence-corrected chi connectivity index (χ0v) is 52.4. The minimum absolute atomic E-state index is 0. The molecule has 472 valence electrons. The molecule has 2 unspecified atom stereocenters. The van der Waals surface area contributed by atoms with Gasteiger partial charge in [-0.1, -0.05) is 7.43 Å². The van der Waals surface area contributed by atoms with Gasteiger partial charge in [0.1, 0.15) is 45.6 Å². The summed E-state index contributed by atoms with van der Waals surface area (Å²) in [7, 11) is 6.42. The second-order valence-electron chi connectivity index (χ2n) is 23.0. The van der Waals surface area contributed by atoms with E-state index in [0.717, 1.165) is 52.5 Å². The molecule has 0 aromatic carbocycles. The van der Waals surface area contributed by atoms with Crippen molar-refractivity contribution in [2.45, 2.75) is 133 Å². The molecule has 0 aliphatic carbocycles. The first-order valence-corrected chi connectivity index (χ1v) is 28.3. The number of hydrogen-bond donors (Lipinski definition) is 3. The number of aromatic nitrogens is 6. The predicted octanol–water partition coefficient (Wildman–Crippen LogP) is 8.24. The van der Waals surface area contributed by atoms with Gasteiger partial charge in [0.2, 0.25) is 0 Å². The molecule has 6 aromatic heterocycles. The van der Waals surface area contributed by atoms with Gasteiger partial charge in [-0.15, -0.1) is 0 Å². The highest BCUT2D eigenvalue weighted by molar-refractivity contribution is 6.09. The number of carbonyl (C=O) groups excluding carboxylic acids is 5. The summed E-state index contributed by atoms with van der Waals surface area (Å²) < 4.78 is 36.5. The van der Waals surface area contributed by atoms with Crippen molar-refractivity contribution in [1.82, 2.24) is 38.9 Å². The minimum Gasteiger partial charge on any atom is -0.496 e. The SMILES string of the molecule is C.COCC(C)n1c(C)c(C(=O)CCc2c(OC)cc(C)[nH]c2=O)c2ccc(N3CCN(C(=O)OC(C)(C)C)CC3)nc21.COCC(C)n1c(C)cc2ccc(N3CCN(C(=O)OC(C)(C)C)CC3)nc21.COc1cc(C)[nH]c(=O)c1CN.O=C=O. The predicted molar refractivity (Wildman–Crippen MR) is 331 cm³/mol. The first-order chi connectivity index (χ1) is 40.1. The van der Waals surface area contributed by atoms with Crippen molar-refractivity contribution in [2.24, 2.45) is 5.73 Å². The van der Waals surface area contributed by atoms with Crippen LogP contribution in [0.4, 0.5) is 21.2 Å². The molecule has 0 radical (unpaired) electrons. The van der Waals surface area contributed by atoms with E-state index < -0.39 is 11.2 Å². The highest BCUT2D eigenvalue weighted by Gasteiger charge is 2.30. The fraction of sp³-hybridized carbons (Fsp3) is 0.548. The average molecular weight is 1200 g/mol. The van der Waals surface area contributed by atoms with E-state index in [0.29, 0.717) is 92.0 Å². The number of nitrogens with one attached hydrogen (secondary N) is 2. The molecule has 2 fully saturated rings. The third-order valence-electron chi connectivity index (χ3n) is 14.1. The quantitative estimate of drug-likeness (QED) is 0.0816. The van der Waals surface area contributed by atoms with E-state index in [-0.39, 0.29) is 74.1 Å². The topological polar surface area (TPSA) is 281 Å². The van der Waals surface area contributed by atoms with Crippen LogP contribution in [0.1, 0.15) is 126 Å². The lowest BCUT2D eigenvalue weighted by Crippen LogP contribution is -2.50. The minimum atomic E-state index is -0.542. The molecule has 2 aliphatic heterocycles. The van der Waals surface area contributed by atoms with Gasteiger partial charge in [0.05, 0.1) is 50.6 Å². The first-order valence-electron chi connectivity index (χ1n) is 28.3. The molecule has 24 nitrogen and oxygen atoms in total. The maximum absolute atomic E-state index is 13.7. The summed E-state index contributed by atoms with van der Waals surface area (Å²) in [5, 5.41) is 1.90. The van der Waals surface area contributed by atoms with E-state index in [1.165, 1.54) is 19.9 Å². The second-order valence-corrected chi connectivity index (χ2v) is 23.0. The van der Waals surface area contributed by atoms with E-state index >= 15 is 0 Å². The van der Waals surface area contributed by atoms with Crippen molar-refractivity contribution in [3.63, 3.8) is 0 Å². The number of nitrogens with two attached hydrogens (primary N) is 1. The number of hydrogen-bond acceptors (Lipinski definition) is 18. The van der Waals surface area contributed by atoms with Gasteiger partial charge in [-0.25, -0.2) is 19.6 Å². The lowest BCUT2D eigenvalue weighted by atomic mass is 10.0. The monoisotopic (exact) mass is 1200 g/mol. The zero-order chi connectivity index (χ0) is 63.1. The van der Waals surface area contributed by atoms with Gasteiger partial charge in [0.25, 0.3) is 11.1 Å². The number of methoxy groups -OCH3 is 4. The summed E-state index contributed by atoms with van der Waals surface area (Å²) in [5.74, 6) is 2.70. The zero-order valence-electron chi connectivity index (χ0n) is 52.4. The molecule has 86 heavy (non-hydrogen) atoms. The number of H-pyrrole nitrogens is 2. The van der Waals surface area contributed by atoms with E-state index in [1.54, 1.807) is 50.0 Å². The van der Waals surface area contributed by atoms with Crippen LogP contribution in [0.15, 0.2) is 52.1 Å². The summed E-state index contributed by atoms with van der Waals surface area (Å²) in [6, 6.07) is 13.9. The number of ketones is 1. The van der Waals surface area contributed by atoms with Gasteiger partial charge in [-0.2, -0.15) is 9.59 Å². The molecule has 8 heterocycles. The molecule has 2 aliphatic rings. The van der Waals surface area contributed by atoms with Crippen LogP contribution in [-0.2, 0) is 41.5 Å². The number of aryl methyl sites for hydroxylation is 3. The molecule has 0 spiro atoms. The molecule has 0 saturated carbocycles. The van der Waals surface area contributed by atoms with E-state index in [1.807, 2.05) is 67.5 Å². The van der Waals surface area contributed by atoms with Gasteiger partial charge in [-0.3, -0.25) is 14.4 Å². The Morgan fingerprint density at radius 1 is 0.640 bits per heavy atom. The summed E-state index contributed by atoms with van der Waals surface area (Å²) >= 11 is 0. The Morgan fingerprint density at radius 3 is 1.51 bits per heavy atom. The van der Waals surface area contributed by atoms with Crippen molar-refractivity contribution >= 4 is 57.8 Å². The molecular weight excluding hydrogens is 1110 g/mol. The molecule has 24 heteroatoms. The lowest BCUT2D eigenvalue weighted by molar-refractivity contribution is -0.191. The number of carbonyl (C=O) groups is 3. The maximum atomic E-state index is 13.7. The van der Waals surface area contributed by atoms with Crippen LogP contribution in [0.25, 0.3) is 22.1 Å². The maximum Gasteiger partial charge on any atom is 0.410 e. The van der Waals surface area contributed by atoms with Crippen LogP contribution in [-0.4, -0.2) is 168 Å². The van der Waals surface area contributed by atoms with Crippen LogP contribution in [0.2, 0.25) is 0 Å². The Labute approximate surface area is 504 Å². The molecular formula is C62H91N11O13. The number of Topliss-reactive ketones (excluding diaryl/α,β-unsaturated/α-hetero) is 1. The first kappa shape index (κ1) is 70.4.